The van der Waals surface area contributed by atoms with Gasteiger partial charge in [0.25, 0.3) is 0 Å². The van der Waals surface area contributed by atoms with E-state index in [1.54, 1.807) is 11.0 Å². The SMILES string of the molecule is CN=C(NCc1cccc(-n2cncn2)c1)NC1CCc2cn(C(C)C)nc2C1.I. The fourth-order valence-corrected chi connectivity index (χ4v) is 3.62. The largest absolute Gasteiger partial charge is 0.353 e. The highest BCUT2D eigenvalue weighted by atomic mass is 127. The molecule has 3 aromatic rings. The Labute approximate surface area is 194 Å². The van der Waals surface area contributed by atoms with Gasteiger partial charge in [0.15, 0.2) is 5.96 Å². The molecule has 4 rings (SSSR count). The number of hydrogen-bond donors (Lipinski definition) is 2. The molecule has 1 aliphatic rings. The minimum absolute atomic E-state index is 0. The molecular weight excluding hydrogens is 491 g/mol. The Morgan fingerprint density at radius 2 is 2.20 bits per heavy atom. The molecule has 0 radical (unpaired) electrons. The van der Waals surface area contributed by atoms with E-state index in [2.05, 4.69) is 62.6 Å². The molecule has 0 saturated carbocycles. The first kappa shape index (κ1) is 22.3. The van der Waals surface area contributed by atoms with E-state index in [0.29, 0.717) is 18.6 Å². The summed E-state index contributed by atoms with van der Waals surface area (Å²) in [5.74, 6) is 0.813. The smallest absolute Gasteiger partial charge is 0.191 e. The van der Waals surface area contributed by atoms with Crippen molar-refractivity contribution in [1.29, 1.82) is 0 Å². The number of nitrogens with one attached hydrogen (secondary N) is 2. The maximum Gasteiger partial charge on any atom is 0.191 e. The molecule has 30 heavy (non-hydrogen) atoms. The van der Waals surface area contributed by atoms with E-state index in [9.17, 15) is 0 Å². The van der Waals surface area contributed by atoms with Crippen molar-refractivity contribution in [3.8, 4) is 5.69 Å². The summed E-state index contributed by atoms with van der Waals surface area (Å²) in [4.78, 5) is 8.41. The van der Waals surface area contributed by atoms with Crippen LogP contribution in [0.1, 0.15) is 43.1 Å². The van der Waals surface area contributed by atoms with Crippen LogP contribution in [-0.4, -0.2) is 43.6 Å². The molecule has 0 spiro atoms. The van der Waals surface area contributed by atoms with Crippen LogP contribution in [0.2, 0.25) is 0 Å². The average molecular weight is 520 g/mol. The Morgan fingerprint density at radius 3 is 2.93 bits per heavy atom. The van der Waals surface area contributed by atoms with Gasteiger partial charge in [0.2, 0.25) is 0 Å². The molecule has 1 aromatic carbocycles. The number of nitrogens with zero attached hydrogens (tertiary/aromatic N) is 6. The van der Waals surface area contributed by atoms with Crippen LogP contribution in [-0.2, 0) is 19.4 Å². The molecule has 8 nitrogen and oxygen atoms in total. The van der Waals surface area contributed by atoms with Crippen molar-refractivity contribution in [3.63, 3.8) is 0 Å². The number of aliphatic imine (C=N–C) groups is 1. The molecule has 0 bridgehead atoms. The van der Waals surface area contributed by atoms with Gasteiger partial charge in [0.1, 0.15) is 12.7 Å². The maximum absolute atomic E-state index is 4.76. The normalized spacial score (nSPS) is 16.1. The topological polar surface area (TPSA) is 85.0 Å². The molecule has 160 valence electrons. The molecular formula is C21H29IN8. The Hall–Kier alpha value is -2.43. The number of benzene rings is 1. The second kappa shape index (κ2) is 10.1. The molecule has 0 saturated heterocycles. The van der Waals surface area contributed by atoms with Crippen molar-refractivity contribution < 1.29 is 0 Å². The molecule has 1 atom stereocenters. The lowest BCUT2D eigenvalue weighted by atomic mass is 9.94. The lowest BCUT2D eigenvalue weighted by Crippen LogP contribution is -2.45. The average Bonchev–Trinajstić information content (AvgIpc) is 3.41. The van der Waals surface area contributed by atoms with Gasteiger partial charge in [-0.05, 0) is 49.9 Å². The second-order valence-electron chi connectivity index (χ2n) is 7.69. The van der Waals surface area contributed by atoms with Gasteiger partial charge in [-0.3, -0.25) is 9.67 Å². The minimum Gasteiger partial charge on any atom is -0.353 e. The van der Waals surface area contributed by atoms with Crippen molar-refractivity contribution in [3.05, 3.63) is 59.9 Å². The van der Waals surface area contributed by atoms with Crippen LogP contribution < -0.4 is 10.6 Å². The predicted octanol–water partition coefficient (Wildman–Crippen LogP) is 2.89. The Kier molecular flexibility index (Phi) is 7.46. The van der Waals surface area contributed by atoms with Crippen molar-refractivity contribution >= 4 is 29.9 Å². The number of guanidine groups is 1. The van der Waals surface area contributed by atoms with Crippen molar-refractivity contribution in [1.82, 2.24) is 35.2 Å². The lowest BCUT2D eigenvalue weighted by molar-refractivity contribution is 0.499. The van der Waals surface area contributed by atoms with Gasteiger partial charge < -0.3 is 10.6 Å². The molecule has 9 heteroatoms. The maximum atomic E-state index is 4.76. The zero-order valence-corrected chi connectivity index (χ0v) is 19.9. The summed E-state index contributed by atoms with van der Waals surface area (Å²) < 4.78 is 3.83. The van der Waals surface area contributed by atoms with Crippen LogP contribution in [0.25, 0.3) is 5.69 Å². The molecule has 0 fully saturated rings. The van der Waals surface area contributed by atoms with Gasteiger partial charge in [-0.1, -0.05) is 12.1 Å². The zero-order chi connectivity index (χ0) is 20.2. The highest BCUT2D eigenvalue weighted by Gasteiger charge is 2.23. The monoisotopic (exact) mass is 520 g/mol. The number of rotatable bonds is 5. The molecule has 1 aliphatic carbocycles. The first-order chi connectivity index (χ1) is 14.1. The number of hydrogen-bond acceptors (Lipinski definition) is 4. The highest BCUT2D eigenvalue weighted by molar-refractivity contribution is 14.0. The van der Waals surface area contributed by atoms with Gasteiger partial charge in [0.05, 0.1) is 11.4 Å². The third-order valence-corrected chi connectivity index (χ3v) is 5.24. The van der Waals surface area contributed by atoms with E-state index in [-0.39, 0.29) is 24.0 Å². The number of aromatic nitrogens is 5. The number of aryl methyl sites for hydroxylation is 1. The van der Waals surface area contributed by atoms with E-state index < -0.39 is 0 Å². The van der Waals surface area contributed by atoms with Gasteiger partial charge in [0, 0.05) is 38.3 Å². The van der Waals surface area contributed by atoms with E-state index in [0.717, 1.165) is 36.5 Å². The predicted molar refractivity (Wildman–Crippen MR) is 129 cm³/mol. The van der Waals surface area contributed by atoms with Crippen LogP contribution in [0.3, 0.4) is 0 Å². The van der Waals surface area contributed by atoms with Crippen LogP contribution >= 0.6 is 24.0 Å². The summed E-state index contributed by atoms with van der Waals surface area (Å²) in [6, 6.07) is 8.96. The van der Waals surface area contributed by atoms with E-state index in [1.807, 2.05) is 19.2 Å². The lowest BCUT2D eigenvalue weighted by Gasteiger charge is -2.24. The summed E-state index contributed by atoms with van der Waals surface area (Å²) in [6.45, 7) is 5.01. The molecule has 2 N–H and O–H groups in total. The van der Waals surface area contributed by atoms with Crippen LogP contribution in [0, 0.1) is 0 Å². The highest BCUT2D eigenvalue weighted by Crippen LogP contribution is 2.21. The Balaban J connectivity index is 0.00000256. The van der Waals surface area contributed by atoms with Gasteiger partial charge in [-0.15, -0.1) is 24.0 Å². The first-order valence-electron chi connectivity index (χ1n) is 10.1. The van der Waals surface area contributed by atoms with Crippen LogP contribution in [0.4, 0.5) is 0 Å². The zero-order valence-electron chi connectivity index (χ0n) is 17.6. The van der Waals surface area contributed by atoms with Crippen molar-refractivity contribution in [2.24, 2.45) is 4.99 Å². The van der Waals surface area contributed by atoms with E-state index in [4.69, 9.17) is 5.10 Å². The molecule has 0 aliphatic heterocycles. The van der Waals surface area contributed by atoms with Crippen LogP contribution in [0.15, 0.2) is 48.1 Å². The Bertz CT molecular complexity index is 977. The summed E-state index contributed by atoms with van der Waals surface area (Å²) in [6.07, 6.45) is 8.50. The number of halogens is 1. The fraction of sp³-hybridized carbons (Fsp3) is 0.429. The third kappa shape index (κ3) is 5.18. The van der Waals surface area contributed by atoms with E-state index >= 15 is 0 Å². The molecule has 2 aromatic heterocycles. The van der Waals surface area contributed by atoms with Gasteiger partial charge in [-0.25, -0.2) is 9.67 Å². The molecule has 2 heterocycles. The van der Waals surface area contributed by atoms with Crippen molar-refractivity contribution in [2.75, 3.05) is 7.05 Å². The standard InChI is InChI=1S/C21H28N8.HI/c1-15(2)28-12-17-7-8-18(10-20(17)27-28)26-21(22-3)24-11-16-5-4-6-19(9-16)29-14-23-13-25-29;/h4-6,9,12-15,18H,7-8,10-11H2,1-3H3,(H2,22,24,26);1H. The molecule has 0 amide bonds. The first-order valence-corrected chi connectivity index (χ1v) is 10.1. The van der Waals surface area contributed by atoms with Gasteiger partial charge >= 0.3 is 0 Å². The summed E-state index contributed by atoms with van der Waals surface area (Å²) in [7, 11) is 1.81. The van der Waals surface area contributed by atoms with E-state index in [1.165, 1.54) is 17.6 Å². The van der Waals surface area contributed by atoms with Crippen molar-refractivity contribution in [2.45, 2.75) is 51.7 Å². The molecule has 1 unspecified atom stereocenters. The van der Waals surface area contributed by atoms with Gasteiger partial charge in [-0.2, -0.15) is 10.2 Å². The summed E-state index contributed by atoms with van der Waals surface area (Å²) in [5, 5.41) is 15.9. The van der Waals surface area contributed by atoms with Crippen LogP contribution in [0.5, 0.6) is 0 Å². The fourth-order valence-electron chi connectivity index (χ4n) is 3.62. The number of fused-ring (bicyclic) bond motifs is 1. The summed E-state index contributed by atoms with van der Waals surface area (Å²) in [5.41, 5.74) is 4.73. The second-order valence-corrected chi connectivity index (χ2v) is 7.69. The third-order valence-electron chi connectivity index (χ3n) is 5.24. The summed E-state index contributed by atoms with van der Waals surface area (Å²) >= 11 is 0. The minimum atomic E-state index is 0. The quantitative estimate of drug-likeness (QED) is 0.307. The Morgan fingerprint density at radius 1 is 1.33 bits per heavy atom.